The number of carbonyl (C=O) groups excluding carboxylic acids is 2. The van der Waals surface area contributed by atoms with Crippen molar-refractivity contribution in [3.05, 3.63) is 51.1 Å². The fourth-order valence-electron chi connectivity index (χ4n) is 2.14. The number of nitrogens with zero attached hydrogens (tertiary/aromatic N) is 1. The third-order valence-electron chi connectivity index (χ3n) is 3.15. The highest BCUT2D eigenvalue weighted by Crippen LogP contribution is 2.35. The lowest BCUT2D eigenvalue weighted by Gasteiger charge is -2.11. The van der Waals surface area contributed by atoms with Crippen LogP contribution in [0.2, 0.25) is 0 Å². The van der Waals surface area contributed by atoms with Crippen molar-refractivity contribution in [2.45, 2.75) is 6.92 Å². The Morgan fingerprint density at radius 1 is 1.36 bits per heavy atom. The molecule has 0 saturated heterocycles. The normalized spacial score (nSPS) is 15.1. The molecule has 7 nitrogen and oxygen atoms in total. The summed E-state index contributed by atoms with van der Waals surface area (Å²) in [7, 11) is 1.46. The molecule has 1 aromatic carbocycles. The fourth-order valence-corrected chi connectivity index (χ4v) is 2.87. The predicted molar refractivity (Wildman–Crippen MR) is 96.3 cm³/mol. The minimum Gasteiger partial charge on any atom is -0.493 e. The van der Waals surface area contributed by atoms with Crippen molar-refractivity contribution < 1.29 is 28.2 Å². The number of aliphatic imine (C=N–C) groups is 1. The summed E-state index contributed by atoms with van der Waals surface area (Å²) in [5.74, 6) is 0.148. The zero-order valence-electron chi connectivity index (χ0n) is 13.2. The summed E-state index contributed by atoms with van der Waals surface area (Å²) in [6, 6.07) is 6.70. The van der Waals surface area contributed by atoms with E-state index in [1.807, 2.05) is 22.6 Å². The molecular weight excluding hydrogens is 441 g/mol. The van der Waals surface area contributed by atoms with E-state index in [0.29, 0.717) is 26.4 Å². The van der Waals surface area contributed by atoms with Crippen LogP contribution in [0, 0.1) is 3.57 Å². The molecule has 0 radical (unpaired) electrons. The molecule has 1 aromatic heterocycles. The molecule has 0 fully saturated rings. The minimum atomic E-state index is -0.579. The van der Waals surface area contributed by atoms with Crippen LogP contribution in [0.25, 0.3) is 6.08 Å². The van der Waals surface area contributed by atoms with Crippen LogP contribution in [0.3, 0.4) is 0 Å². The lowest BCUT2D eigenvalue weighted by atomic mass is 10.1. The minimum absolute atomic E-state index is 0.111. The molecule has 0 N–H and O–H groups in total. The second kappa shape index (κ2) is 7.09. The molecule has 2 heterocycles. The Hall–Kier alpha value is -2.62. The maximum Gasteiger partial charge on any atom is 0.363 e. The van der Waals surface area contributed by atoms with Gasteiger partial charge in [-0.25, -0.2) is 9.79 Å². The lowest BCUT2D eigenvalue weighted by molar-refractivity contribution is -0.132. The van der Waals surface area contributed by atoms with E-state index in [9.17, 15) is 9.59 Å². The van der Waals surface area contributed by atoms with Crippen molar-refractivity contribution in [3.63, 3.8) is 0 Å². The first-order chi connectivity index (χ1) is 12.0. The molecule has 0 atom stereocenters. The molecule has 25 heavy (non-hydrogen) atoms. The van der Waals surface area contributed by atoms with Gasteiger partial charge in [0.2, 0.25) is 0 Å². The number of carbonyl (C=O) groups is 2. The molecular formula is C17H12INO6. The molecule has 3 rings (SSSR count). The van der Waals surface area contributed by atoms with Crippen molar-refractivity contribution in [2.75, 3.05) is 7.11 Å². The van der Waals surface area contributed by atoms with E-state index in [4.69, 9.17) is 18.6 Å². The Balaban J connectivity index is 1.97. The van der Waals surface area contributed by atoms with Gasteiger partial charge in [0.15, 0.2) is 23.0 Å². The molecule has 128 valence electrons. The van der Waals surface area contributed by atoms with Crippen molar-refractivity contribution in [1.29, 1.82) is 0 Å². The van der Waals surface area contributed by atoms with Gasteiger partial charge in [0, 0.05) is 6.92 Å². The second-order valence-corrected chi connectivity index (χ2v) is 6.10. The summed E-state index contributed by atoms with van der Waals surface area (Å²) in [5, 5.41) is 0. The number of methoxy groups -OCH3 is 1. The number of cyclic esters (lactones) is 1. The molecule has 1 aliphatic heterocycles. The van der Waals surface area contributed by atoms with Gasteiger partial charge in [0.25, 0.3) is 5.90 Å². The molecule has 0 spiro atoms. The largest absolute Gasteiger partial charge is 0.493 e. The number of benzene rings is 1. The predicted octanol–water partition coefficient (Wildman–Crippen LogP) is 3.16. The second-order valence-electron chi connectivity index (χ2n) is 4.94. The van der Waals surface area contributed by atoms with E-state index < -0.39 is 11.9 Å². The first-order valence-electron chi connectivity index (χ1n) is 7.10. The van der Waals surface area contributed by atoms with Crippen molar-refractivity contribution >= 4 is 46.5 Å². The first kappa shape index (κ1) is 17.2. The standard InChI is InChI=1S/C17H12INO6/c1-9(20)24-15-11(18)6-10(8-14(15)22-2)7-12-17(21)25-16(19-12)13-4-3-5-23-13/h3-8H,1-2H3/b12-7-. The average Bonchev–Trinajstić information content (AvgIpc) is 3.20. The first-order valence-corrected chi connectivity index (χ1v) is 8.18. The molecule has 0 amide bonds. The van der Waals surface area contributed by atoms with Crippen LogP contribution in [0.15, 0.2) is 45.6 Å². The van der Waals surface area contributed by atoms with Crippen LogP contribution in [-0.4, -0.2) is 24.9 Å². The number of ether oxygens (including phenoxy) is 3. The highest BCUT2D eigenvalue weighted by atomic mass is 127. The summed E-state index contributed by atoms with van der Waals surface area (Å²) in [6.07, 6.45) is 3.02. The molecule has 0 unspecified atom stereocenters. The molecule has 0 bridgehead atoms. The molecule has 0 saturated carbocycles. The van der Waals surface area contributed by atoms with Gasteiger partial charge in [-0.1, -0.05) is 0 Å². The highest BCUT2D eigenvalue weighted by Gasteiger charge is 2.26. The maximum atomic E-state index is 12.0. The van der Waals surface area contributed by atoms with Gasteiger partial charge in [-0.05, 0) is 58.5 Å². The zero-order valence-corrected chi connectivity index (χ0v) is 15.4. The smallest absolute Gasteiger partial charge is 0.363 e. The van der Waals surface area contributed by atoms with Crippen LogP contribution in [0.5, 0.6) is 11.5 Å². The Morgan fingerprint density at radius 2 is 2.16 bits per heavy atom. The Kier molecular flexibility index (Phi) is 4.88. The van der Waals surface area contributed by atoms with Crippen molar-refractivity contribution in [1.82, 2.24) is 0 Å². The summed E-state index contributed by atoms with van der Waals surface area (Å²) in [6.45, 7) is 1.31. The number of hydrogen-bond donors (Lipinski definition) is 0. The Morgan fingerprint density at radius 3 is 2.80 bits per heavy atom. The number of furan rings is 1. The topological polar surface area (TPSA) is 87.3 Å². The maximum absolute atomic E-state index is 12.0. The lowest BCUT2D eigenvalue weighted by Crippen LogP contribution is -2.05. The van der Waals surface area contributed by atoms with E-state index in [1.165, 1.54) is 20.3 Å². The zero-order chi connectivity index (χ0) is 18.0. The van der Waals surface area contributed by atoms with Crippen LogP contribution in [-0.2, 0) is 14.3 Å². The third-order valence-corrected chi connectivity index (χ3v) is 3.95. The van der Waals surface area contributed by atoms with E-state index in [0.717, 1.165) is 0 Å². The van der Waals surface area contributed by atoms with Gasteiger partial charge >= 0.3 is 11.9 Å². The fraction of sp³-hybridized carbons (Fsp3) is 0.118. The molecule has 2 aromatic rings. The van der Waals surface area contributed by atoms with Gasteiger partial charge < -0.3 is 18.6 Å². The van der Waals surface area contributed by atoms with E-state index in [1.54, 1.807) is 30.3 Å². The SMILES string of the molecule is COc1cc(/C=C2\N=C(c3ccco3)OC2=O)cc(I)c1OC(C)=O. The monoisotopic (exact) mass is 453 g/mol. The number of rotatable bonds is 4. The Labute approximate surface area is 156 Å². The van der Waals surface area contributed by atoms with Gasteiger partial charge in [0.1, 0.15) is 0 Å². The van der Waals surface area contributed by atoms with Crippen molar-refractivity contribution in [2.24, 2.45) is 4.99 Å². The van der Waals surface area contributed by atoms with Crippen LogP contribution < -0.4 is 9.47 Å². The Bertz CT molecular complexity index is 898. The van der Waals surface area contributed by atoms with E-state index in [-0.39, 0.29) is 11.6 Å². The summed E-state index contributed by atoms with van der Waals surface area (Å²) in [5.41, 5.74) is 0.776. The summed E-state index contributed by atoms with van der Waals surface area (Å²) in [4.78, 5) is 27.3. The van der Waals surface area contributed by atoms with Crippen LogP contribution in [0.4, 0.5) is 0 Å². The molecule has 8 heteroatoms. The van der Waals surface area contributed by atoms with Crippen LogP contribution >= 0.6 is 22.6 Å². The highest BCUT2D eigenvalue weighted by molar-refractivity contribution is 14.1. The van der Waals surface area contributed by atoms with Gasteiger partial charge in [-0.2, -0.15) is 0 Å². The number of esters is 2. The van der Waals surface area contributed by atoms with Gasteiger partial charge in [0.05, 0.1) is 16.9 Å². The summed E-state index contributed by atoms with van der Waals surface area (Å²) < 4.78 is 21.3. The van der Waals surface area contributed by atoms with Gasteiger partial charge in [-0.3, -0.25) is 4.79 Å². The van der Waals surface area contributed by atoms with E-state index in [2.05, 4.69) is 4.99 Å². The molecule has 1 aliphatic rings. The number of hydrogen-bond acceptors (Lipinski definition) is 7. The third kappa shape index (κ3) is 3.73. The molecule has 0 aliphatic carbocycles. The number of halogens is 1. The van der Waals surface area contributed by atoms with Crippen molar-refractivity contribution in [3.8, 4) is 11.5 Å². The average molecular weight is 453 g/mol. The quantitative estimate of drug-likeness (QED) is 0.306. The van der Waals surface area contributed by atoms with Gasteiger partial charge in [-0.15, -0.1) is 0 Å². The van der Waals surface area contributed by atoms with Crippen LogP contribution in [0.1, 0.15) is 18.2 Å². The summed E-state index contributed by atoms with van der Waals surface area (Å²) >= 11 is 2.02. The van der Waals surface area contributed by atoms with E-state index >= 15 is 0 Å².